The highest BCUT2D eigenvalue weighted by atomic mass is 35.5. The molecule has 0 spiro atoms. The Hall–Kier alpha value is -3.93. The Balaban J connectivity index is 1.45. The molecule has 1 heterocycles. The van der Waals surface area contributed by atoms with E-state index in [1.54, 1.807) is 36.4 Å². The summed E-state index contributed by atoms with van der Waals surface area (Å²) in [5, 5.41) is 3.14. The molecule has 4 rings (SSSR count). The number of hydrogen-bond donors (Lipinski definition) is 2. The van der Waals surface area contributed by atoms with Gasteiger partial charge in [0.15, 0.2) is 0 Å². The van der Waals surface area contributed by atoms with E-state index in [2.05, 4.69) is 15.0 Å². The van der Waals surface area contributed by atoms with E-state index in [0.29, 0.717) is 22.0 Å². The highest BCUT2D eigenvalue weighted by Gasteiger charge is 2.20. The largest absolute Gasteiger partial charge is 0.322 e. The fraction of sp³-hybridized carbons (Fsp3) is 0.0769. The Morgan fingerprint density at radius 3 is 2.13 bits per heavy atom. The molecule has 0 saturated carbocycles. The minimum absolute atomic E-state index is 0.00453. The second-order valence-corrected chi connectivity index (χ2v) is 12.2. The molecule has 196 valence electrons. The van der Waals surface area contributed by atoms with E-state index in [0.717, 1.165) is 6.26 Å². The first-order valence-corrected chi connectivity index (χ1v) is 14.9. The van der Waals surface area contributed by atoms with Crippen LogP contribution in [0.3, 0.4) is 0 Å². The zero-order valence-corrected chi connectivity index (χ0v) is 22.5. The van der Waals surface area contributed by atoms with Gasteiger partial charge in [-0.1, -0.05) is 35.9 Å². The maximum Gasteiger partial charge on any atom is 0.263 e. The van der Waals surface area contributed by atoms with E-state index in [1.165, 1.54) is 65.1 Å². The number of sulfonamides is 2. The Morgan fingerprint density at radius 2 is 1.53 bits per heavy atom. The van der Waals surface area contributed by atoms with Gasteiger partial charge in [-0.2, -0.15) is 0 Å². The molecule has 4 aromatic rings. The maximum absolute atomic E-state index is 12.8. The van der Waals surface area contributed by atoms with Gasteiger partial charge in [0.1, 0.15) is 5.82 Å². The van der Waals surface area contributed by atoms with Crippen molar-refractivity contribution in [3.8, 4) is 0 Å². The summed E-state index contributed by atoms with van der Waals surface area (Å²) in [5.41, 5.74) is 1.68. The van der Waals surface area contributed by atoms with Gasteiger partial charge < -0.3 is 5.32 Å². The van der Waals surface area contributed by atoms with Gasteiger partial charge in [0.2, 0.25) is 10.0 Å². The minimum atomic E-state index is -3.85. The van der Waals surface area contributed by atoms with Crippen LogP contribution in [0.15, 0.2) is 102 Å². The van der Waals surface area contributed by atoms with Gasteiger partial charge >= 0.3 is 0 Å². The fourth-order valence-electron chi connectivity index (χ4n) is 3.50. The summed E-state index contributed by atoms with van der Waals surface area (Å²) in [6.45, 7) is 0.0362. The predicted molar refractivity (Wildman–Crippen MR) is 148 cm³/mol. The molecule has 0 unspecified atom stereocenters. The Morgan fingerprint density at radius 1 is 0.868 bits per heavy atom. The topological polar surface area (TPSA) is 126 Å². The number of anilines is 3. The number of pyridine rings is 1. The third kappa shape index (κ3) is 6.68. The van der Waals surface area contributed by atoms with Crippen LogP contribution in [0.4, 0.5) is 17.2 Å². The van der Waals surface area contributed by atoms with Crippen molar-refractivity contribution in [1.29, 1.82) is 0 Å². The van der Waals surface area contributed by atoms with Crippen molar-refractivity contribution in [3.05, 3.63) is 113 Å². The van der Waals surface area contributed by atoms with Gasteiger partial charge in [0.05, 0.1) is 23.4 Å². The van der Waals surface area contributed by atoms with Crippen LogP contribution >= 0.6 is 11.6 Å². The highest BCUT2D eigenvalue weighted by molar-refractivity contribution is 7.92. The van der Waals surface area contributed by atoms with Gasteiger partial charge in [-0.05, 0) is 72.3 Å². The molecule has 38 heavy (non-hydrogen) atoms. The highest BCUT2D eigenvalue weighted by Crippen LogP contribution is 2.25. The quantitative estimate of drug-likeness (QED) is 0.299. The van der Waals surface area contributed by atoms with Crippen molar-refractivity contribution in [1.82, 2.24) is 4.98 Å². The normalized spacial score (nSPS) is 11.5. The van der Waals surface area contributed by atoms with Gasteiger partial charge in [-0.25, -0.2) is 21.8 Å². The van der Waals surface area contributed by atoms with E-state index >= 15 is 0 Å². The molecule has 3 aromatic carbocycles. The summed E-state index contributed by atoms with van der Waals surface area (Å²) in [6, 6.07) is 23.6. The van der Waals surface area contributed by atoms with Crippen LogP contribution in [0.2, 0.25) is 5.02 Å². The van der Waals surface area contributed by atoms with E-state index < -0.39 is 26.0 Å². The van der Waals surface area contributed by atoms with Crippen molar-refractivity contribution < 1.29 is 21.6 Å². The molecule has 9 nitrogen and oxygen atoms in total. The number of carbonyl (C=O) groups is 1. The maximum atomic E-state index is 12.8. The first-order chi connectivity index (χ1) is 18.0. The average molecular weight is 571 g/mol. The molecule has 2 N–H and O–H groups in total. The second kappa shape index (κ2) is 11.2. The zero-order chi connectivity index (χ0) is 27.3. The average Bonchev–Trinajstić information content (AvgIpc) is 2.88. The van der Waals surface area contributed by atoms with E-state index in [4.69, 9.17) is 11.6 Å². The molecule has 1 amide bonds. The Bertz CT molecular complexity index is 1650. The number of benzene rings is 3. The summed E-state index contributed by atoms with van der Waals surface area (Å²) in [7, 11) is -7.48. The standard InChI is InChI=1S/C26H23ClN4O5S2/c1-37(33,34)31(18-20-6-2-3-7-24(20)27)22-13-9-19(10-14-22)26(32)29-21-11-15-23(16-12-21)38(35,36)30-25-8-4-5-17-28-25/h2-17H,18H2,1H3,(H,28,30)(H,29,32). The number of amides is 1. The molecule has 0 bridgehead atoms. The lowest BCUT2D eigenvalue weighted by atomic mass is 10.1. The minimum Gasteiger partial charge on any atom is -0.322 e. The third-order valence-electron chi connectivity index (χ3n) is 5.42. The van der Waals surface area contributed by atoms with Crippen LogP contribution in [0.25, 0.3) is 0 Å². The lowest BCUT2D eigenvalue weighted by Crippen LogP contribution is -2.29. The zero-order valence-electron chi connectivity index (χ0n) is 20.1. The summed E-state index contributed by atoms with van der Waals surface area (Å²) in [6.07, 6.45) is 2.57. The molecule has 0 saturated heterocycles. The van der Waals surface area contributed by atoms with Gasteiger partial charge in [0, 0.05) is 22.5 Å². The van der Waals surface area contributed by atoms with Crippen LogP contribution in [-0.2, 0) is 26.6 Å². The van der Waals surface area contributed by atoms with Crippen molar-refractivity contribution in [2.24, 2.45) is 0 Å². The molecular weight excluding hydrogens is 548 g/mol. The molecule has 0 radical (unpaired) electrons. The van der Waals surface area contributed by atoms with Crippen molar-refractivity contribution in [2.45, 2.75) is 11.4 Å². The molecule has 0 fully saturated rings. The van der Waals surface area contributed by atoms with Crippen molar-refractivity contribution in [2.75, 3.05) is 20.6 Å². The molecule has 1 aromatic heterocycles. The second-order valence-electron chi connectivity index (χ2n) is 8.21. The SMILES string of the molecule is CS(=O)(=O)N(Cc1ccccc1Cl)c1ccc(C(=O)Nc2ccc(S(=O)(=O)Nc3ccccn3)cc2)cc1. The number of halogens is 1. The van der Waals surface area contributed by atoms with E-state index in [-0.39, 0.29) is 22.8 Å². The first kappa shape index (κ1) is 27.1. The molecule has 12 heteroatoms. The Kier molecular flexibility index (Phi) is 8.00. The monoisotopic (exact) mass is 570 g/mol. The van der Waals surface area contributed by atoms with Crippen molar-refractivity contribution in [3.63, 3.8) is 0 Å². The third-order valence-corrected chi connectivity index (χ3v) is 8.30. The van der Waals surface area contributed by atoms with Crippen LogP contribution in [0.1, 0.15) is 15.9 Å². The molecule has 0 atom stereocenters. The number of nitrogens with zero attached hydrogens (tertiary/aromatic N) is 2. The van der Waals surface area contributed by atoms with Gasteiger partial charge in [-0.15, -0.1) is 0 Å². The first-order valence-electron chi connectivity index (χ1n) is 11.2. The summed E-state index contributed by atoms with van der Waals surface area (Å²) in [5.74, 6) is -0.259. The number of aromatic nitrogens is 1. The number of hydrogen-bond acceptors (Lipinski definition) is 6. The Labute approximate surface area is 226 Å². The van der Waals surface area contributed by atoms with Crippen molar-refractivity contribution >= 4 is 54.7 Å². The molecular formula is C26H23ClN4O5S2. The fourth-order valence-corrected chi connectivity index (χ4v) is 5.58. The summed E-state index contributed by atoms with van der Waals surface area (Å²) in [4.78, 5) is 16.7. The van der Waals surface area contributed by atoms with Crippen LogP contribution < -0.4 is 14.3 Å². The molecule has 0 aliphatic carbocycles. The van der Waals surface area contributed by atoms with Gasteiger partial charge in [0.25, 0.3) is 15.9 Å². The number of nitrogens with one attached hydrogen (secondary N) is 2. The smallest absolute Gasteiger partial charge is 0.263 e. The molecule has 0 aliphatic heterocycles. The summed E-state index contributed by atoms with van der Waals surface area (Å²) < 4.78 is 53.6. The predicted octanol–water partition coefficient (Wildman–Crippen LogP) is 4.75. The number of rotatable bonds is 9. The van der Waals surface area contributed by atoms with Gasteiger partial charge in [-0.3, -0.25) is 13.8 Å². The van der Waals surface area contributed by atoms with Crippen LogP contribution in [0, 0.1) is 0 Å². The van der Waals surface area contributed by atoms with E-state index in [1.807, 2.05) is 0 Å². The lowest BCUT2D eigenvalue weighted by Gasteiger charge is -2.23. The van der Waals surface area contributed by atoms with Crippen LogP contribution in [0.5, 0.6) is 0 Å². The lowest BCUT2D eigenvalue weighted by molar-refractivity contribution is 0.102. The molecule has 0 aliphatic rings. The van der Waals surface area contributed by atoms with Crippen LogP contribution in [-0.4, -0.2) is 34.0 Å². The summed E-state index contributed by atoms with van der Waals surface area (Å²) >= 11 is 6.21. The van der Waals surface area contributed by atoms with E-state index in [9.17, 15) is 21.6 Å². The number of carbonyl (C=O) groups excluding carboxylic acids is 1.